The van der Waals surface area contributed by atoms with Crippen LogP contribution in [0.5, 0.6) is 5.75 Å². The van der Waals surface area contributed by atoms with Crippen molar-refractivity contribution in [1.29, 1.82) is 0 Å². The summed E-state index contributed by atoms with van der Waals surface area (Å²) in [6.45, 7) is 3.64. The van der Waals surface area contributed by atoms with E-state index >= 15 is 0 Å². The monoisotopic (exact) mass is 281 g/mol. The van der Waals surface area contributed by atoms with Crippen molar-refractivity contribution >= 4 is 5.69 Å². The first kappa shape index (κ1) is 14.2. The summed E-state index contributed by atoms with van der Waals surface area (Å²) >= 11 is 0. The number of hydrogen-bond donors (Lipinski definition) is 1. The van der Waals surface area contributed by atoms with Gasteiger partial charge >= 0.3 is 6.36 Å². The molecule has 0 amide bonds. The summed E-state index contributed by atoms with van der Waals surface area (Å²) in [4.78, 5) is 0. The summed E-state index contributed by atoms with van der Waals surface area (Å²) in [5.41, 5.74) is 9.17. The zero-order chi connectivity index (χ0) is 14.9. The number of para-hydroxylation sites is 1. The Morgan fingerprint density at radius 2 is 1.55 bits per heavy atom. The SMILES string of the molecule is Cc1cc(-c2ccccc2OC(F)(F)F)cc(C)c1N. The summed E-state index contributed by atoms with van der Waals surface area (Å²) in [7, 11) is 0. The molecule has 20 heavy (non-hydrogen) atoms. The minimum atomic E-state index is -4.71. The molecule has 2 N–H and O–H groups in total. The second kappa shape index (κ2) is 5.07. The lowest BCUT2D eigenvalue weighted by Gasteiger charge is -2.15. The molecule has 2 nitrogen and oxygen atoms in total. The zero-order valence-corrected chi connectivity index (χ0v) is 11.1. The molecule has 0 saturated heterocycles. The second-order valence-electron chi connectivity index (χ2n) is 4.57. The topological polar surface area (TPSA) is 35.2 Å². The van der Waals surface area contributed by atoms with Crippen LogP contribution >= 0.6 is 0 Å². The van der Waals surface area contributed by atoms with Crippen LogP contribution in [0.3, 0.4) is 0 Å². The molecule has 2 aromatic rings. The van der Waals surface area contributed by atoms with Crippen LogP contribution in [-0.4, -0.2) is 6.36 Å². The van der Waals surface area contributed by atoms with Crippen LogP contribution in [0.25, 0.3) is 11.1 Å². The molecule has 0 aliphatic heterocycles. The van der Waals surface area contributed by atoms with Crippen molar-refractivity contribution in [2.24, 2.45) is 0 Å². The Labute approximate surface area is 115 Å². The molecule has 106 valence electrons. The molecule has 0 aliphatic rings. The third-order valence-electron chi connectivity index (χ3n) is 3.02. The van der Waals surface area contributed by atoms with Crippen molar-refractivity contribution in [2.75, 3.05) is 5.73 Å². The normalized spacial score (nSPS) is 11.4. The Morgan fingerprint density at radius 1 is 1.00 bits per heavy atom. The number of nitrogens with two attached hydrogens (primary N) is 1. The Balaban J connectivity index is 2.53. The van der Waals surface area contributed by atoms with Crippen LogP contribution in [0.4, 0.5) is 18.9 Å². The minimum Gasteiger partial charge on any atom is -0.405 e. The van der Waals surface area contributed by atoms with Gasteiger partial charge in [0.1, 0.15) is 5.75 Å². The molecule has 5 heteroatoms. The molecule has 0 aliphatic carbocycles. The van der Waals surface area contributed by atoms with Gasteiger partial charge in [-0.25, -0.2) is 0 Å². The van der Waals surface area contributed by atoms with Crippen LogP contribution in [0.15, 0.2) is 36.4 Å². The lowest BCUT2D eigenvalue weighted by Crippen LogP contribution is -2.17. The fourth-order valence-electron chi connectivity index (χ4n) is 2.05. The maximum absolute atomic E-state index is 12.4. The van der Waals surface area contributed by atoms with Crippen LogP contribution in [0, 0.1) is 13.8 Å². The highest BCUT2D eigenvalue weighted by atomic mass is 19.4. The third-order valence-corrected chi connectivity index (χ3v) is 3.02. The summed E-state index contributed by atoms with van der Waals surface area (Å²) in [5, 5.41) is 0. The van der Waals surface area contributed by atoms with E-state index in [0.717, 1.165) is 11.1 Å². The van der Waals surface area contributed by atoms with E-state index < -0.39 is 6.36 Å². The predicted octanol–water partition coefficient (Wildman–Crippen LogP) is 4.45. The van der Waals surface area contributed by atoms with Gasteiger partial charge in [-0.2, -0.15) is 0 Å². The van der Waals surface area contributed by atoms with Crippen molar-refractivity contribution < 1.29 is 17.9 Å². The molecular weight excluding hydrogens is 267 g/mol. The van der Waals surface area contributed by atoms with E-state index in [2.05, 4.69) is 4.74 Å². The first-order chi connectivity index (χ1) is 9.28. The fourth-order valence-corrected chi connectivity index (χ4v) is 2.05. The van der Waals surface area contributed by atoms with Gasteiger partial charge in [-0.1, -0.05) is 18.2 Å². The second-order valence-corrected chi connectivity index (χ2v) is 4.57. The number of aryl methyl sites for hydroxylation is 2. The van der Waals surface area contributed by atoms with Crippen molar-refractivity contribution in [3.8, 4) is 16.9 Å². The fraction of sp³-hybridized carbons (Fsp3) is 0.200. The van der Waals surface area contributed by atoms with E-state index in [0.29, 0.717) is 16.8 Å². The van der Waals surface area contributed by atoms with Gasteiger partial charge in [-0.05, 0) is 48.7 Å². The molecule has 0 aromatic heterocycles. The minimum absolute atomic E-state index is 0.219. The quantitative estimate of drug-likeness (QED) is 0.825. The highest BCUT2D eigenvalue weighted by Crippen LogP contribution is 2.35. The summed E-state index contributed by atoms with van der Waals surface area (Å²) in [5.74, 6) is -0.219. The van der Waals surface area contributed by atoms with Crippen LogP contribution in [-0.2, 0) is 0 Å². The number of halogens is 3. The Hall–Kier alpha value is -2.17. The number of ether oxygens (including phenoxy) is 1. The highest BCUT2D eigenvalue weighted by molar-refractivity contribution is 5.74. The maximum atomic E-state index is 12.4. The Kier molecular flexibility index (Phi) is 3.61. The average molecular weight is 281 g/mol. The van der Waals surface area contributed by atoms with Crippen molar-refractivity contribution in [1.82, 2.24) is 0 Å². The predicted molar refractivity (Wildman–Crippen MR) is 72.4 cm³/mol. The molecule has 0 radical (unpaired) electrons. The summed E-state index contributed by atoms with van der Waals surface area (Å²) in [6.07, 6.45) is -4.71. The van der Waals surface area contributed by atoms with Gasteiger partial charge in [0.25, 0.3) is 0 Å². The Morgan fingerprint density at radius 3 is 2.10 bits per heavy atom. The molecule has 0 spiro atoms. The molecule has 0 saturated carbocycles. The largest absolute Gasteiger partial charge is 0.573 e. The first-order valence-corrected chi connectivity index (χ1v) is 6.00. The third kappa shape index (κ3) is 3.04. The van der Waals surface area contributed by atoms with Crippen molar-refractivity contribution in [3.05, 3.63) is 47.5 Å². The number of hydrogen-bond acceptors (Lipinski definition) is 2. The van der Waals surface area contributed by atoms with Crippen LogP contribution in [0.2, 0.25) is 0 Å². The van der Waals surface area contributed by atoms with Gasteiger partial charge in [0, 0.05) is 11.3 Å². The van der Waals surface area contributed by atoms with Crippen molar-refractivity contribution in [3.63, 3.8) is 0 Å². The molecule has 0 bridgehead atoms. The number of rotatable bonds is 2. The van der Waals surface area contributed by atoms with Gasteiger partial charge in [0.15, 0.2) is 0 Å². The summed E-state index contributed by atoms with van der Waals surface area (Å²) in [6, 6.07) is 9.55. The average Bonchev–Trinajstić information content (AvgIpc) is 2.34. The summed E-state index contributed by atoms with van der Waals surface area (Å²) < 4.78 is 41.3. The molecule has 2 aromatic carbocycles. The van der Waals surface area contributed by atoms with Crippen LogP contribution in [0.1, 0.15) is 11.1 Å². The highest BCUT2D eigenvalue weighted by Gasteiger charge is 2.32. The van der Waals surface area contributed by atoms with E-state index in [1.165, 1.54) is 12.1 Å². The first-order valence-electron chi connectivity index (χ1n) is 6.00. The van der Waals surface area contributed by atoms with E-state index in [-0.39, 0.29) is 5.75 Å². The maximum Gasteiger partial charge on any atom is 0.573 e. The number of anilines is 1. The molecule has 0 atom stereocenters. The van der Waals surface area contributed by atoms with E-state index in [4.69, 9.17) is 5.73 Å². The Bertz CT molecular complexity index is 612. The van der Waals surface area contributed by atoms with E-state index in [1.807, 2.05) is 13.8 Å². The molecule has 0 heterocycles. The molecule has 0 fully saturated rings. The van der Waals surface area contributed by atoms with Gasteiger partial charge in [-0.3, -0.25) is 0 Å². The smallest absolute Gasteiger partial charge is 0.405 e. The molecular formula is C15H14F3NO. The van der Waals surface area contributed by atoms with Crippen molar-refractivity contribution in [2.45, 2.75) is 20.2 Å². The van der Waals surface area contributed by atoms with Crippen LogP contribution < -0.4 is 10.5 Å². The zero-order valence-electron chi connectivity index (χ0n) is 11.1. The molecule has 0 unspecified atom stereocenters. The van der Waals surface area contributed by atoms with Gasteiger partial charge in [0.05, 0.1) is 0 Å². The van der Waals surface area contributed by atoms with Gasteiger partial charge in [0.2, 0.25) is 0 Å². The number of alkyl halides is 3. The number of benzene rings is 2. The van der Waals surface area contributed by atoms with Gasteiger partial charge in [-0.15, -0.1) is 13.2 Å². The van der Waals surface area contributed by atoms with E-state index in [9.17, 15) is 13.2 Å². The standard InChI is InChI=1S/C15H14F3NO/c1-9-7-11(8-10(2)14(9)19)12-5-3-4-6-13(12)20-15(16,17)18/h3-8H,19H2,1-2H3. The lowest BCUT2D eigenvalue weighted by molar-refractivity contribution is -0.274. The lowest BCUT2D eigenvalue weighted by atomic mass is 9.98. The number of nitrogen functional groups attached to an aromatic ring is 1. The molecule has 2 rings (SSSR count). The van der Waals surface area contributed by atoms with Gasteiger partial charge < -0.3 is 10.5 Å². The van der Waals surface area contributed by atoms with E-state index in [1.54, 1.807) is 24.3 Å².